The molecule has 0 aromatic heterocycles. The lowest BCUT2D eigenvalue weighted by atomic mass is 10.1. The first-order valence-electron chi connectivity index (χ1n) is 16.0. The second kappa shape index (κ2) is 27.8. The average Bonchev–Trinajstić information content (AvgIpc) is 2.95. The van der Waals surface area contributed by atoms with Gasteiger partial charge in [0.25, 0.3) is 0 Å². The predicted molar refractivity (Wildman–Crippen MR) is 159 cm³/mol. The Morgan fingerprint density at radius 1 is 0.634 bits per heavy atom. The van der Waals surface area contributed by atoms with Gasteiger partial charge in [-0.25, -0.2) is 4.57 Å². The minimum atomic E-state index is -4.59. The zero-order valence-electron chi connectivity index (χ0n) is 25.8. The normalized spacial score (nSPS) is 14.4. The van der Waals surface area contributed by atoms with Crippen molar-refractivity contribution < 1.29 is 47.8 Å². The van der Waals surface area contributed by atoms with Gasteiger partial charge in [0.15, 0.2) is 6.10 Å². The van der Waals surface area contributed by atoms with Crippen LogP contribution in [0.15, 0.2) is 0 Å². The van der Waals surface area contributed by atoms with Crippen molar-refractivity contribution in [3.63, 3.8) is 0 Å². The van der Waals surface area contributed by atoms with Gasteiger partial charge in [-0.05, 0) is 12.8 Å². The molecule has 0 saturated carbocycles. The Hall–Kier alpha value is -1.03. The SMILES string of the molecule is CCCCCCCCCCCCC(=O)OC[C@H](COP(=O)(O)OC[C@@H](O)CO)OC(=O)CCCCCCCCCC. The molecule has 0 aliphatic rings. The molecular formula is C30H59O10P. The molecule has 0 fully saturated rings. The van der Waals surface area contributed by atoms with Crippen molar-refractivity contribution in [1.82, 2.24) is 0 Å². The number of aliphatic hydroxyl groups is 2. The predicted octanol–water partition coefficient (Wildman–Crippen LogP) is 6.77. The maximum absolute atomic E-state index is 12.4. The molecule has 0 aromatic carbocycles. The number of hydrogen-bond acceptors (Lipinski definition) is 9. The fourth-order valence-electron chi connectivity index (χ4n) is 4.23. The topological polar surface area (TPSA) is 149 Å². The van der Waals surface area contributed by atoms with Crippen LogP contribution in [-0.4, -0.2) is 65.7 Å². The monoisotopic (exact) mass is 610 g/mol. The molecule has 0 spiro atoms. The summed E-state index contributed by atoms with van der Waals surface area (Å²) >= 11 is 0. The van der Waals surface area contributed by atoms with E-state index in [4.69, 9.17) is 19.1 Å². The van der Waals surface area contributed by atoms with Crippen LogP contribution in [0.3, 0.4) is 0 Å². The minimum Gasteiger partial charge on any atom is -0.462 e. The maximum Gasteiger partial charge on any atom is 0.472 e. The van der Waals surface area contributed by atoms with Crippen molar-refractivity contribution in [3.8, 4) is 0 Å². The molecule has 0 aliphatic heterocycles. The van der Waals surface area contributed by atoms with E-state index in [0.717, 1.165) is 38.5 Å². The summed E-state index contributed by atoms with van der Waals surface area (Å²) in [7, 11) is -4.59. The maximum atomic E-state index is 12.4. The summed E-state index contributed by atoms with van der Waals surface area (Å²) in [6.45, 7) is 2.30. The molecule has 0 aliphatic carbocycles. The highest BCUT2D eigenvalue weighted by molar-refractivity contribution is 7.47. The lowest BCUT2D eigenvalue weighted by Gasteiger charge is -2.20. The summed E-state index contributed by atoms with van der Waals surface area (Å²) in [6, 6.07) is 0. The highest BCUT2D eigenvalue weighted by Gasteiger charge is 2.27. The summed E-state index contributed by atoms with van der Waals surface area (Å²) in [5.41, 5.74) is 0. The first-order valence-corrected chi connectivity index (χ1v) is 17.5. The second-order valence-electron chi connectivity index (χ2n) is 10.8. The first-order chi connectivity index (χ1) is 19.7. The second-order valence-corrected chi connectivity index (χ2v) is 12.3. The van der Waals surface area contributed by atoms with Gasteiger partial charge in [0.1, 0.15) is 12.7 Å². The Labute approximate surface area is 248 Å². The Kier molecular flexibility index (Phi) is 27.1. The molecule has 0 aromatic rings. The first kappa shape index (κ1) is 40.0. The lowest BCUT2D eigenvalue weighted by molar-refractivity contribution is -0.161. The Morgan fingerprint density at radius 2 is 1.05 bits per heavy atom. The van der Waals surface area contributed by atoms with Crippen LogP contribution in [-0.2, 0) is 32.7 Å². The lowest BCUT2D eigenvalue weighted by Crippen LogP contribution is -2.29. The molecule has 0 heterocycles. The third-order valence-electron chi connectivity index (χ3n) is 6.76. The van der Waals surface area contributed by atoms with E-state index >= 15 is 0 Å². The molecule has 11 heteroatoms. The van der Waals surface area contributed by atoms with Gasteiger partial charge in [0.05, 0.1) is 19.8 Å². The van der Waals surface area contributed by atoms with Gasteiger partial charge in [-0.1, -0.05) is 117 Å². The number of carbonyl (C=O) groups is 2. The summed E-state index contributed by atoms with van der Waals surface area (Å²) in [6.07, 6.45) is 18.1. The zero-order valence-corrected chi connectivity index (χ0v) is 26.7. The molecule has 41 heavy (non-hydrogen) atoms. The Bertz CT molecular complexity index is 676. The van der Waals surface area contributed by atoms with E-state index in [-0.39, 0.29) is 19.4 Å². The van der Waals surface area contributed by atoms with E-state index in [0.29, 0.717) is 12.8 Å². The van der Waals surface area contributed by atoms with E-state index in [1.165, 1.54) is 64.2 Å². The van der Waals surface area contributed by atoms with Crippen molar-refractivity contribution in [1.29, 1.82) is 0 Å². The van der Waals surface area contributed by atoms with Gasteiger partial charge in [-0.3, -0.25) is 18.6 Å². The van der Waals surface area contributed by atoms with E-state index in [1.54, 1.807) is 0 Å². The van der Waals surface area contributed by atoms with Crippen LogP contribution in [0.2, 0.25) is 0 Å². The van der Waals surface area contributed by atoms with Crippen LogP contribution in [0.5, 0.6) is 0 Å². The fourth-order valence-corrected chi connectivity index (χ4v) is 5.02. The molecule has 10 nitrogen and oxygen atoms in total. The number of aliphatic hydroxyl groups excluding tert-OH is 2. The highest BCUT2D eigenvalue weighted by Crippen LogP contribution is 2.43. The average molecular weight is 611 g/mol. The number of phosphoric acid groups is 1. The Balaban J connectivity index is 4.45. The van der Waals surface area contributed by atoms with Gasteiger partial charge in [0, 0.05) is 12.8 Å². The molecule has 3 atom stereocenters. The van der Waals surface area contributed by atoms with Gasteiger partial charge >= 0.3 is 19.8 Å². The summed E-state index contributed by atoms with van der Waals surface area (Å²) < 4.78 is 32.3. The molecule has 0 radical (unpaired) electrons. The number of rotatable bonds is 30. The van der Waals surface area contributed by atoms with Crippen molar-refractivity contribution >= 4 is 19.8 Å². The number of phosphoric ester groups is 1. The van der Waals surface area contributed by atoms with Gasteiger partial charge in [0.2, 0.25) is 0 Å². The molecule has 1 unspecified atom stereocenters. The van der Waals surface area contributed by atoms with Crippen molar-refractivity contribution in [2.75, 3.05) is 26.4 Å². The van der Waals surface area contributed by atoms with Crippen LogP contribution >= 0.6 is 7.82 Å². The summed E-state index contributed by atoms with van der Waals surface area (Å²) in [5, 5.41) is 18.1. The standard InChI is InChI=1S/C30H59O10P/c1-3-5-7-9-11-13-14-16-17-19-21-29(33)37-25-28(26-39-41(35,36)38-24-27(32)23-31)40-30(34)22-20-18-15-12-10-8-6-4-2/h27-28,31-32H,3-26H2,1-2H3,(H,35,36)/t27-,28+/m0/s1. The molecular weight excluding hydrogens is 551 g/mol. The van der Waals surface area contributed by atoms with Gasteiger partial charge in [-0.2, -0.15) is 0 Å². The molecule has 3 N–H and O–H groups in total. The smallest absolute Gasteiger partial charge is 0.462 e. The molecule has 0 rings (SSSR count). The molecule has 0 amide bonds. The van der Waals surface area contributed by atoms with E-state index in [9.17, 15) is 24.2 Å². The number of unbranched alkanes of at least 4 members (excludes halogenated alkanes) is 16. The summed E-state index contributed by atoms with van der Waals surface area (Å²) in [4.78, 5) is 34.4. The number of ether oxygens (including phenoxy) is 2. The van der Waals surface area contributed by atoms with Gasteiger partial charge < -0.3 is 24.6 Å². The number of hydrogen-bond donors (Lipinski definition) is 3. The largest absolute Gasteiger partial charge is 0.472 e. The van der Waals surface area contributed by atoms with Crippen molar-refractivity contribution in [3.05, 3.63) is 0 Å². The quantitative estimate of drug-likeness (QED) is 0.0452. The zero-order chi connectivity index (χ0) is 30.6. The molecule has 0 saturated heterocycles. The third-order valence-corrected chi connectivity index (χ3v) is 7.71. The Morgan fingerprint density at radius 3 is 1.51 bits per heavy atom. The molecule has 244 valence electrons. The van der Waals surface area contributed by atoms with Crippen molar-refractivity contribution in [2.24, 2.45) is 0 Å². The number of esters is 2. The van der Waals surface area contributed by atoms with E-state index < -0.39 is 51.8 Å². The third kappa shape index (κ3) is 27.5. The van der Waals surface area contributed by atoms with E-state index in [1.807, 2.05) is 0 Å². The fraction of sp³-hybridized carbons (Fsp3) is 0.933. The number of carbonyl (C=O) groups excluding carboxylic acids is 2. The minimum absolute atomic E-state index is 0.188. The highest BCUT2D eigenvalue weighted by atomic mass is 31.2. The van der Waals surface area contributed by atoms with Crippen LogP contribution < -0.4 is 0 Å². The van der Waals surface area contributed by atoms with Crippen LogP contribution in [0.25, 0.3) is 0 Å². The summed E-state index contributed by atoms with van der Waals surface area (Å²) in [5.74, 6) is -0.928. The van der Waals surface area contributed by atoms with Crippen LogP contribution in [0, 0.1) is 0 Å². The van der Waals surface area contributed by atoms with Crippen molar-refractivity contribution in [2.45, 2.75) is 154 Å². The molecule has 0 bridgehead atoms. The van der Waals surface area contributed by atoms with Crippen LogP contribution in [0.4, 0.5) is 0 Å². The van der Waals surface area contributed by atoms with Gasteiger partial charge in [-0.15, -0.1) is 0 Å². The van der Waals surface area contributed by atoms with Crippen LogP contribution in [0.1, 0.15) is 142 Å². The van der Waals surface area contributed by atoms with E-state index in [2.05, 4.69) is 18.4 Å².